The van der Waals surface area contributed by atoms with Crippen LogP contribution in [0.4, 0.5) is 5.69 Å². The molecule has 1 heterocycles. The predicted octanol–water partition coefficient (Wildman–Crippen LogP) is 1.53. The SMILES string of the molecule is N#CC(C#N)=C(C#N)Nc1cccc2c1CNC2. The molecule has 2 N–H and O–H groups in total. The maximum atomic E-state index is 8.98. The van der Waals surface area contributed by atoms with Gasteiger partial charge < -0.3 is 10.6 Å². The maximum absolute atomic E-state index is 8.98. The molecule has 1 aromatic rings. The summed E-state index contributed by atoms with van der Waals surface area (Å²) >= 11 is 0. The lowest BCUT2D eigenvalue weighted by Gasteiger charge is -2.09. The third-order valence-electron chi connectivity index (χ3n) is 2.74. The van der Waals surface area contributed by atoms with Crippen molar-refractivity contribution in [1.29, 1.82) is 15.8 Å². The molecule has 1 aromatic carbocycles. The molecule has 86 valence electrons. The van der Waals surface area contributed by atoms with Gasteiger partial charge in [0.15, 0.2) is 5.57 Å². The summed E-state index contributed by atoms with van der Waals surface area (Å²) in [5, 5.41) is 32.6. The number of hydrogen-bond acceptors (Lipinski definition) is 5. The van der Waals surface area contributed by atoms with Crippen molar-refractivity contribution in [3.05, 3.63) is 40.6 Å². The summed E-state index contributed by atoms with van der Waals surface area (Å²) < 4.78 is 0. The fraction of sp³-hybridized carbons (Fsp3) is 0.154. The van der Waals surface area contributed by atoms with E-state index in [4.69, 9.17) is 15.8 Å². The van der Waals surface area contributed by atoms with Gasteiger partial charge in [0.25, 0.3) is 0 Å². The number of allylic oxidation sites excluding steroid dienone is 2. The molecule has 0 aromatic heterocycles. The van der Waals surface area contributed by atoms with E-state index < -0.39 is 0 Å². The molecule has 0 aliphatic carbocycles. The monoisotopic (exact) mass is 235 g/mol. The minimum atomic E-state index is -0.207. The van der Waals surface area contributed by atoms with E-state index in [2.05, 4.69) is 10.6 Å². The summed E-state index contributed by atoms with van der Waals surface area (Å²) in [6.07, 6.45) is 0. The molecule has 5 nitrogen and oxygen atoms in total. The first-order chi connectivity index (χ1) is 8.80. The van der Waals surface area contributed by atoms with Gasteiger partial charge in [0.05, 0.1) is 0 Å². The highest BCUT2D eigenvalue weighted by atomic mass is 14.9. The van der Waals surface area contributed by atoms with Crippen LogP contribution < -0.4 is 10.6 Å². The van der Waals surface area contributed by atoms with Crippen LogP contribution in [0.1, 0.15) is 11.1 Å². The van der Waals surface area contributed by atoms with Crippen molar-refractivity contribution < 1.29 is 0 Å². The number of rotatable bonds is 2. The van der Waals surface area contributed by atoms with Gasteiger partial charge in [-0.25, -0.2) is 0 Å². The molecule has 0 radical (unpaired) electrons. The number of nitriles is 3. The van der Waals surface area contributed by atoms with Crippen LogP contribution in [0.5, 0.6) is 0 Å². The first-order valence-corrected chi connectivity index (χ1v) is 5.33. The van der Waals surface area contributed by atoms with Crippen molar-refractivity contribution in [2.45, 2.75) is 13.1 Å². The average Bonchev–Trinajstić information content (AvgIpc) is 2.88. The topological polar surface area (TPSA) is 95.4 Å². The number of anilines is 1. The molecule has 5 heteroatoms. The minimum Gasteiger partial charge on any atom is -0.345 e. The van der Waals surface area contributed by atoms with Crippen LogP contribution in [0, 0.1) is 34.0 Å². The van der Waals surface area contributed by atoms with E-state index >= 15 is 0 Å². The van der Waals surface area contributed by atoms with Crippen molar-refractivity contribution in [2.75, 3.05) is 5.32 Å². The molecule has 1 aliphatic rings. The Morgan fingerprint density at radius 3 is 2.56 bits per heavy atom. The molecular weight excluding hydrogens is 226 g/mol. The van der Waals surface area contributed by atoms with Crippen LogP contribution in [0.25, 0.3) is 0 Å². The molecular formula is C13H9N5. The van der Waals surface area contributed by atoms with Crippen LogP contribution in [0.15, 0.2) is 29.5 Å². The van der Waals surface area contributed by atoms with Crippen molar-refractivity contribution in [3.63, 3.8) is 0 Å². The summed E-state index contributed by atoms with van der Waals surface area (Å²) in [5.74, 6) is 0. The Hall–Kier alpha value is -2.81. The molecule has 0 amide bonds. The first kappa shape index (κ1) is 11.7. The second-order valence-electron chi connectivity index (χ2n) is 3.76. The molecule has 0 spiro atoms. The van der Waals surface area contributed by atoms with E-state index in [0.29, 0.717) is 6.54 Å². The number of benzene rings is 1. The van der Waals surface area contributed by atoms with E-state index in [0.717, 1.165) is 23.4 Å². The van der Waals surface area contributed by atoms with Crippen LogP contribution >= 0.6 is 0 Å². The fourth-order valence-electron chi connectivity index (χ4n) is 1.87. The molecule has 0 fully saturated rings. The van der Waals surface area contributed by atoms with E-state index in [1.165, 1.54) is 0 Å². The van der Waals surface area contributed by atoms with Crippen LogP contribution in [0.3, 0.4) is 0 Å². The average molecular weight is 235 g/mol. The van der Waals surface area contributed by atoms with Crippen LogP contribution in [-0.2, 0) is 13.1 Å². The largest absolute Gasteiger partial charge is 0.345 e. The van der Waals surface area contributed by atoms with Crippen molar-refractivity contribution in [1.82, 2.24) is 5.32 Å². The Balaban J connectivity index is 2.40. The standard InChI is InChI=1S/C13H9N5/c14-4-10(5-15)13(6-16)18-12-3-1-2-9-7-17-8-11(9)12/h1-3,17-18H,7-8H2. The van der Waals surface area contributed by atoms with Gasteiger partial charge in [-0.15, -0.1) is 0 Å². The zero-order valence-electron chi connectivity index (χ0n) is 9.49. The summed E-state index contributed by atoms with van der Waals surface area (Å²) in [4.78, 5) is 0. The molecule has 1 aliphatic heterocycles. The molecule has 0 saturated heterocycles. The summed E-state index contributed by atoms with van der Waals surface area (Å²) in [6.45, 7) is 1.51. The predicted molar refractivity (Wildman–Crippen MR) is 64.5 cm³/mol. The molecule has 2 rings (SSSR count). The van der Waals surface area contributed by atoms with Crippen molar-refractivity contribution in [2.24, 2.45) is 0 Å². The van der Waals surface area contributed by atoms with Gasteiger partial charge in [-0.1, -0.05) is 12.1 Å². The highest BCUT2D eigenvalue weighted by Gasteiger charge is 2.15. The Labute approximate surface area is 105 Å². The molecule has 0 unspecified atom stereocenters. The second-order valence-corrected chi connectivity index (χ2v) is 3.76. The number of fused-ring (bicyclic) bond motifs is 1. The quantitative estimate of drug-likeness (QED) is 0.758. The van der Waals surface area contributed by atoms with Gasteiger partial charge in [0.2, 0.25) is 0 Å². The molecule has 0 saturated carbocycles. The van der Waals surface area contributed by atoms with Gasteiger partial charge in [0.1, 0.15) is 23.9 Å². The summed E-state index contributed by atoms with van der Waals surface area (Å²) in [6, 6.07) is 11.0. The third-order valence-corrected chi connectivity index (χ3v) is 2.74. The number of hydrogen-bond donors (Lipinski definition) is 2. The Morgan fingerprint density at radius 1 is 1.11 bits per heavy atom. The van der Waals surface area contributed by atoms with Gasteiger partial charge >= 0.3 is 0 Å². The first-order valence-electron chi connectivity index (χ1n) is 5.33. The smallest absolute Gasteiger partial charge is 0.163 e. The van der Waals surface area contributed by atoms with E-state index in [-0.39, 0.29) is 11.3 Å². The second kappa shape index (κ2) is 5.01. The van der Waals surface area contributed by atoms with Crippen molar-refractivity contribution >= 4 is 5.69 Å². The minimum absolute atomic E-state index is 0.0136. The number of nitrogens with zero attached hydrogens (tertiary/aromatic N) is 3. The maximum Gasteiger partial charge on any atom is 0.163 e. The third kappa shape index (κ3) is 2.01. The van der Waals surface area contributed by atoms with Gasteiger partial charge in [-0.05, 0) is 17.2 Å². The highest BCUT2D eigenvalue weighted by Crippen LogP contribution is 2.25. The number of nitrogens with one attached hydrogen (secondary N) is 2. The van der Waals surface area contributed by atoms with E-state index in [1.807, 2.05) is 24.3 Å². The van der Waals surface area contributed by atoms with E-state index in [9.17, 15) is 0 Å². The van der Waals surface area contributed by atoms with Crippen molar-refractivity contribution in [3.8, 4) is 18.2 Å². The summed E-state index contributed by atoms with van der Waals surface area (Å²) in [7, 11) is 0. The molecule has 18 heavy (non-hydrogen) atoms. The van der Waals surface area contributed by atoms with Crippen LogP contribution in [-0.4, -0.2) is 0 Å². The Kier molecular flexibility index (Phi) is 3.25. The zero-order valence-corrected chi connectivity index (χ0v) is 9.49. The van der Waals surface area contributed by atoms with Gasteiger partial charge in [-0.3, -0.25) is 0 Å². The van der Waals surface area contributed by atoms with Gasteiger partial charge in [-0.2, -0.15) is 15.8 Å². The zero-order chi connectivity index (χ0) is 13.0. The lowest BCUT2D eigenvalue weighted by atomic mass is 10.1. The fourth-order valence-corrected chi connectivity index (χ4v) is 1.87. The highest BCUT2D eigenvalue weighted by molar-refractivity contribution is 5.63. The lowest BCUT2D eigenvalue weighted by Crippen LogP contribution is -2.04. The Morgan fingerprint density at radius 2 is 1.89 bits per heavy atom. The summed E-state index contributed by atoms with van der Waals surface area (Å²) in [5.41, 5.74) is 2.77. The van der Waals surface area contributed by atoms with E-state index in [1.54, 1.807) is 12.1 Å². The van der Waals surface area contributed by atoms with Gasteiger partial charge in [0, 0.05) is 18.8 Å². The molecule has 0 bridgehead atoms. The molecule has 0 atom stereocenters. The van der Waals surface area contributed by atoms with Crippen LogP contribution in [0.2, 0.25) is 0 Å². The normalized spacial score (nSPS) is 11.6. The lowest BCUT2D eigenvalue weighted by molar-refractivity contribution is 0.765. The Bertz CT molecular complexity index is 621.